The quantitative estimate of drug-likeness (QED) is 0.612. The van der Waals surface area contributed by atoms with Gasteiger partial charge in [-0.2, -0.15) is 0 Å². The Morgan fingerprint density at radius 1 is 0.933 bits per heavy atom. The lowest BCUT2D eigenvalue weighted by Gasteiger charge is -2.33. The van der Waals surface area contributed by atoms with Crippen molar-refractivity contribution in [2.45, 2.75) is 19.4 Å². The molecule has 0 bridgehead atoms. The molecule has 0 unspecified atom stereocenters. The highest BCUT2D eigenvalue weighted by molar-refractivity contribution is 5.91. The number of nitrogens with zero attached hydrogens (tertiary/aromatic N) is 1. The van der Waals surface area contributed by atoms with Gasteiger partial charge in [-0.05, 0) is 36.4 Å². The Kier molecular flexibility index (Phi) is 6.87. The minimum atomic E-state index is 0.0980. The number of amides is 1. The molecule has 0 spiro atoms. The first-order valence-electron chi connectivity index (χ1n) is 11.1. The standard InChI is InChI=1S/C24H32N4O2/c1-30-23-10-8-22(9-11-23)28-16-14-27(15-17-28)19-24(29)25-21-6-4-20(5-7-21)18-26-12-2-3-13-26/h4-11H,2-3,12-19H2,1H3,(H,25,29)/p+2. The molecule has 0 atom stereocenters. The van der Waals surface area contributed by atoms with Gasteiger partial charge in [-0.15, -0.1) is 0 Å². The van der Waals surface area contributed by atoms with Gasteiger partial charge in [0, 0.05) is 29.8 Å². The van der Waals surface area contributed by atoms with Crippen LogP contribution >= 0.6 is 0 Å². The molecule has 4 rings (SSSR count). The summed E-state index contributed by atoms with van der Waals surface area (Å²) in [4.78, 5) is 17.9. The van der Waals surface area contributed by atoms with Crippen molar-refractivity contribution < 1.29 is 19.3 Å². The number of nitrogens with one attached hydrogen (secondary N) is 3. The van der Waals surface area contributed by atoms with Crippen molar-refractivity contribution >= 4 is 17.3 Å². The topological polar surface area (TPSA) is 50.5 Å². The van der Waals surface area contributed by atoms with E-state index in [0.717, 1.165) is 44.2 Å². The zero-order valence-electron chi connectivity index (χ0n) is 18.0. The Bertz CT molecular complexity index is 808. The van der Waals surface area contributed by atoms with Crippen LogP contribution in [0.15, 0.2) is 48.5 Å². The van der Waals surface area contributed by atoms with Gasteiger partial charge in [0.1, 0.15) is 12.3 Å². The van der Waals surface area contributed by atoms with Crippen LogP contribution in [0.3, 0.4) is 0 Å². The van der Waals surface area contributed by atoms with Crippen LogP contribution in [-0.2, 0) is 11.3 Å². The van der Waals surface area contributed by atoms with Crippen LogP contribution in [0.2, 0.25) is 0 Å². The van der Waals surface area contributed by atoms with Crippen molar-refractivity contribution in [3.8, 4) is 5.75 Å². The third-order valence-corrected chi connectivity index (χ3v) is 6.32. The zero-order valence-corrected chi connectivity index (χ0v) is 18.0. The number of benzene rings is 2. The largest absolute Gasteiger partial charge is 0.497 e. The minimum absolute atomic E-state index is 0.0980. The van der Waals surface area contributed by atoms with E-state index in [4.69, 9.17) is 4.74 Å². The van der Waals surface area contributed by atoms with Gasteiger partial charge in [0.15, 0.2) is 6.54 Å². The van der Waals surface area contributed by atoms with E-state index in [2.05, 4.69) is 34.5 Å². The summed E-state index contributed by atoms with van der Waals surface area (Å²) in [5.74, 6) is 0.978. The molecule has 6 nitrogen and oxygen atoms in total. The summed E-state index contributed by atoms with van der Waals surface area (Å²) >= 11 is 0. The van der Waals surface area contributed by atoms with E-state index in [1.165, 1.54) is 42.1 Å². The number of methoxy groups -OCH3 is 1. The first kappa shape index (κ1) is 20.7. The van der Waals surface area contributed by atoms with Gasteiger partial charge in [-0.3, -0.25) is 4.79 Å². The maximum Gasteiger partial charge on any atom is 0.279 e. The molecular weight excluding hydrogens is 376 g/mol. The van der Waals surface area contributed by atoms with Gasteiger partial charge in [0.05, 0.1) is 46.4 Å². The monoisotopic (exact) mass is 410 g/mol. The first-order chi connectivity index (χ1) is 14.7. The van der Waals surface area contributed by atoms with Crippen LogP contribution in [-0.4, -0.2) is 58.8 Å². The van der Waals surface area contributed by atoms with Gasteiger partial charge >= 0.3 is 0 Å². The summed E-state index contributed by atoms with van der Waals surface area (Å²) in [6, 6.07) is 16.6. The number of ether oxygens (including phenoxy) is 1. The summed E-state index contributed by atoms with van der Waals surface area (Å²) < 4.78 is 5.23. The van der Waals surface area contributed by atoms with Crippen molar-refractivity contribution in [2.24, 2.45) is 0 Å². The molecule has 3 N–H and O–H groups in total. The van der Waals surface area contributed by atoms with Crippen molar-refractivity contribution in [1.82, 2.24) is 0 Å². The number of carbonyl (C=O) groups is 1. The summed E-state index contributed by atoms with van der Waals surface area (Å²) in [5, 5.41) is 3.07. The first-order valence-corrected chi connectivity index (χ1v) is 11.1. The van der Waals surface area contributed by atoms with E-state index in [-0.39, 0.29) is 5.91 Å². The lowest BCUT2D eigenvalue weighted by atomic mass is 10.2. The maximum atomic E-state index is 12.5. The molecule has 0 aromatic heterocycles. The smallest absolute Gasteiger partial charge is 0.279 e. The van der Waals surface area contributed by atoms with Gasteiger partial charge in [0.25, 0.3) is 5.91 Å². The van der Waals surface area contributed by atoms with Gasteiger partial charge in [-0.25, -0.2) is 0 Å². The highest BCUT2D eigenvalue weighted by atomic mass is 16.5. The van der Waals surface area contributed by atoms with E-state index in [9.17, 15) is 4.79 Å². The molecule has 30 heavy (non-hydrogen) atoms. The highest BCUT2D eigenvalue weighted by Gasteiger charge is 2.22. The molecule has 160 valence electrons. The Balaban J connectivity index is 1.20. The molecule has 2 aliphatic rings. The number of hydrogen-bond acceptors (Lipinski definition) is 3. The second-order valence-corrected chi connectivity index (χ2v) is 8.49. The molecule has 2 aliphatic heterocycles. The van der Waals surface area contributed by atoms with Gasteiger partial charge < -0.3 is 24.8 Å². The molecule has 0 saturated carbocycles. The van der Waals surface area contributed by atoms with Crippen LogP contribution in [0.1, 0.15) is 18.4 Å². The van der Waals surface area contributed by atoms with Gasteiger partial charge in [0.2, 0.25) is 0 Å². The average Bonchev–Trinajstić information content (AvgIpc) is 3.29. The summed E-state index contributed by atoms with van der Waals surface area (Å²) in [5.41, 5.74) is 3.47. The number of piperazine rings is 1. The molecule has 0 aliphatic carbocycles. The number of quaternary nitrogens is 2. The van der Waals surface area contributed by atoms with E-state index >= 15 is 0 Å². The van der Waals surface area contributed by atoms with E-state index in [1.807, 2.05) is 24.3 Å². The molecule has 2 fully saturated rings. The second-order valence-electron chi connectivity index (χ2n) is 8.49. The molecule has 0 radical (unpaired) electrons. The normalized spacial score (nSPS) is 17.8. The Morgan fingerprint density at radius 3 is 2.23 bits per heavy atom. The molecule has 2 heterocycles. The predicted molar refractivity (Wildman–Crippen MR) is 119 cm³/mol. The van der Waals surface area contributed by atoms with Crippen LogP contribution in [0, 0.1) is 0 Å². The lowest BCUT2D eigenvalue weighted by Crippen LogP contribution is -3.15. The maximum absolute atomic E-state index is 12.5. The second kappa shape index (κ2) is 9.96. The van der Waals surface area contributed by atoms with Crippen LogP contribution < -0.4 is 24.8 Å². The summed E-state index contributed by atoms with van der Waals surface area (Å²) in [6.45, 7) is 8.05. The van der Waals surface area contributed by atoms with E-state index in [1.54, 1.807) is 12.0 Å². The highest BCUT2D eigenvalue weighted by Crippen LogP contribution is 2.19. The fraction of sp³-hybridized carbons (Fsp3) is 0.458. The van der Waals surface area contributed by atoms with Crippen LogP contribution in [0.5, 0.6) is 5.75 Å². The third-order valence-electron chi connectivity index (χ3n) is 6.32. The fourth-order valence-corrected chi connectivity index (χ4v) is 4.53. The van der Waals surface area contributed by atoms with Crippen LogP contribution in [0.25, 0.3) is 0 Å². The Hall–Kier alpha value is -2.57. The predicted octanol–water partition coefficient (Wildman–Crippen LogP) is 0.218. The molecule has 2 aromatic carbocycles. The molecular formula is C24H34N4O2+2. The number of carbonyl (C=O) groups excluding carboxylic acids is 1. The number of hydrogen-bond donors (Lipinski definition) is 3. The van der Waals surface area contributed by atoms with Crippen molar-refractivity contribution in [2.75, 3.05) is 63.1 Å². The number of anilines is 2. The molecule has 2 aromatic rings. The zero-order chi connectivity index (χ0) is 20.8. The average molecular weight is 411 g/mol. The minimum Gasteiger partial charge on any atom is -0.497 e. The Morgan fingerprint density at radius 2 is 1.60 bits per heavy atom. The third kappa shape index (κ3) is 5.52. The van der Waals surface area contributed by atoms with E-state index < -0.39 is 0 Å². The fourth-order valence-electron chi connectivity index (χ4n) is 4.53. The van der Waals surface area contributed by atoms with E-state index in [0.29, 0.717) is 6.54 Å². The van der Waals surface area contributed by atoms with Crippen LogP contribution in [0.4, 0.5) is 11.4 Å². The number of rotatable bonds is 7. The van der Waals surface area contributed by atoms with Gasteiger partial charge in [-0.1, -0.05) is 12.1 Å². The van der Waals surface area contributed by atoms with Crippen molar-refractivity contribution in [3.05, 3.63) is 54.1 Å². The Labute approximate surface area is 179 Å². The summed E-state index contributed by atoms with van der Waals surface area (Å²) in [7, 11) is 1.69. The summed E-state index contributed by atoms with van der Waals surface area (Å²) in [6.07, 6.45) is 2.69. The molecule has 2 saturated heterocycles. The number of likely N-dealkylation sites (tertiary alicyclic amines) is 1. The molecule has 6 heteroatoms. The molecule has 1 amide bonds. The van der Waals surface area contributed by atoms with Crippen molar-refractivity contribution in [1.29, 1.82) is 0 Å². The lowest BCUT2D eigenvalue weighted by molar-refractivity contribution is -0.901. The van der Waals surface area contributed by atoms with Crippen molar-refractivity contribution in [3.63, 3.8) is 0 Å². The SMILES string of the molecule is COc1ccc(N2CC[NH+](CC(=O)Nc3ccc(C[NH+]4CCCC4)cc3)CC2)cc1.